The highest BCUT2D eigenvalue weighted by molar-refractivity contribution is 6.32. The number of halogens is 4. The summed E-state index contributed by atoms with van der Waals surface area (Å²) in [5, 5.41) is 12.6. The minimum atomic E-state index is -0.491. The van der Waals surface area contributed by atoms with Crippen LogP contribution in [0.3, 0.4) is 0 Å². The molecule has 3 aromatic carbocycles. The molecule has 0 aliphatic heterocycles. The first-order valence-corrected chi connectivity index (χ1v) is 25.9. The van der Waals surface area contributed by atoms with Crippen LogP contribution in [0.2, 0.25) is 15.1 Å². The van der Waals surface area contributed by atoms with Gasteiger partial charge >= 0.3 is 0 Å². The Kier molecular flexibility index (Phi) is 24.5. The Morgan fingerprint density at radius 2 is 0.640 bits per heavy atom. The van der Waals surface area contributed by atoms with Crippen LogP contribution in [0.5, 0.6) is 17.2 Å². The summed E-state index contributed by atoms with van der Waals surface area (Å²) >= 11 is 18.4. The summed E-state index contributed by atoms with van der Waals surface area (Å²) in [6, 6.07) is 23.4. The molecule has 0 saturated carbocycles. The molecule has 0 amide bonds. The van der Waals surface area contributed by atoms with E-state index in [-0.39, 0.29) is 50.7 Å². The smallest absolute Gasteiger partial charge is 0.289 e. The molecule has 408 valence electrons. The van der Waals surface area contributed by atoms with Crippen molar-refractivity contribution in [2.24, 2.45) is 0 Å². The monoisotopic (exact) mass is 1100 g/mol. The van der Waals surface area contributed by atoms with Gasteiger partial charge in [0.15, 0.2) is 32.3 Å². The fraction of sp³-hybridized carbons (Fsp3) is 0.464. The molecule has 0 fully saturated rings. The molecule has 0 aliphatic carbocycles. The van der Waals surface area contributed by atoms with E-state index < -0.39 is 23.3 Å². The van der Waals surface area contributed by atoms with E-state index in [2.05, 4.69) is 29.1 Å². The topological polar surface area (TPSA) is 160 Å². The Labute approximate surface area is 454 Å². The van der Waals surface area contributed by atoms with Gasteiger partial charge in [-0.25, -0.2) is 18.4 Å². The molecule has 0 N–H and O–H groups in total. The van der Waals surface area contributed by atoms with Crippen LogP contribution in [0.1, 0.15) is 122 Å². The highest BCUT2D eigenvalue weighted by Crippen LogP contribution is 2.25. The van der Waals surface area contributed by atoms with Crippen molar-refractivity contribution in [2.45, 2.75) is 145 Å². The number of hydrogen-bond acceptors (Lipinski definition) is 12. The second-order valence-electron chi connectivity index (χ2n) is 20.3. The van der Waals surface area contributed by atoms with Gasteiger partial charge < -0.3 is 28.4 Å². The number of ether oxygens (including phenoxy) is 6. The summed E-state index contributed by atoms with van der Waals surface area (Å²) in [5.41, 5.74) is 3.63. The number of hydrogen-bond donors (Lipinski definition) is 0. The number of nitrogens with zero attached hydrogens (tertiary/aromatic N) is 6. The van der Waals surface area contributed by atoms with E-state index in [0.29, 0.717) is 44.5 Å². The average Bonchev–Trinajstić information content (AvgIpc) is 3.36. The molecule has 0 spiro atoms. The largest absolute Gasteiger partial charge is 0.485 e. The first-order valence-electron chi connectivity index (χ1n) is 24.7. The summed E-state index contributed by atoms with van der Waals surface area (Å²) in [6.07, 6.45) is 6.45. The summed E-state index contributed by atoms with van der Waals surface area (Å²) in [6.45, 7) is 24.7. The van der Waals surface area contributed by atoms with Crippen molar-refractivity contribution in [1.29, 1.82) is 0 Å². The van der Waals surface area contributed by atoms with Gasteiger partial charge in [-0.15, -0.1) is 0 Å². The molecule has 6 aromatic rings. The molecule has 0 unspecified atom stereocenters. The first-order chi connectivity index (χ1) is 35.5. The SMILES string of the molecule is CC(C)(C)n1ncc(OCc2ccc(COCC[18F])cc2)c(Cl)c1=O.CCCOCc1ccc(COc2cnn(C(C)(C)C)c(=O)c2Cl)cc1.CCCOCc1ccc(COc2cnn(C(C)(C)C)c(=O)c2Cl)cc1. The number of aromatic nitrogens is 6. The van der Waals surface area contributed by atoms with Crippen molar-refractivity contribution in [3.05, 3.63) is 171 Å². The van der Waals surface area contributed by atoms with Gasteiger partial charge in [-0.05, 0) is 109 Å². The number of alkyl halides is 1. The lowest BCUT2D eigenvalue weighted by Crippen LogP contribution is -2.36. The zero-order valence-corrected chi connectivity index (χ0v) is 47.3. The van der Waals surface area contributed by atoms with Crippen molar-refractivity contribution in [3.8, 4) is 17.2 Å². The van der Waals surface area contributed by atoms with E-state index in [1.54, 1.807) is 0 Å². The molecule has 0 bridgehead atoms. The second-order valence-corrected chi connectivity index (χ2v) is 21.4. The van der Waals surface area contributed by atoms with Crippen LogP contribution in [0.25, 0.3) is 0 Å². The molecule has 15 nitrogen and oxygen atoms in total. The molecular formula is C56H72Cl3FN6O9. The van der Waals surface area contributed by atoms with E-state index in [9.17, 15) is 18.8 Å². The summed E-state index contributed by atoms with van der Waals surface area (Å²) in [5.74, 6) is 0.840. The molecular weight excluding hydrogens is 1030 g/mol. The third-order valence-corrected chi connectivity index (χ3v) is 11.6. The standard InChI is InChI=1S/2C19H25ClN2O3.C18H22ClFN2O3/c2*1-5-10-24-12-14-6-8-15(9-7-14)13-25-16-11-21-22(19(2,3)4)18(23)17(16)20;1-18(2,3)22-17(23)16(19)15(10-21-22)25-12-14-6-4-13(5-7-14)11-24-9-8-20/h2*6-9,11H,5,10,12-13H2,1-4H3;4-7,10H,8-9,11-12H2,1-3H3/i;;20-1. The van der Waals surface area contributed by atoms with Crippen molar-refractivity contribution in [3.63, 3.8) is 0 Å². The van der Waals surface area contributed by atoms with Gasteiger partial charge in [-0.1, -0.05) is 121 Å². The van der Waals surface area contributed by atoms with Crippen molar-refractivity contribution < 1.29 is 32.8 Å². The van der Waals surface area contributed by atoms with Crippen LogP contribution in [0, 0.1) is 0 Å². The molecule has 0 atom stereocenters. The van der Waals surface area contributed by atoms with Gasteiger partial charge in [0.05, 0.1) is 61.6 Å². The van der Waals surface area contributed by atoms with Crippen LogP contribution < -0.4 is 30.9 Å². The molecule has 0 aliphatic rings. The Bertz CT molecular complexity index is 2560. The normalized spacial score (nSPS) is 11.6. The van der Waals surface area contributed by atoms with E-state index in [4.69, 9.17) is 63.2 Å². The Morgan fingerprint density at radius 1 is 0.413 bits per heavy atom. The predicted octanol–water partition coefficient (Wildman–Crippen LogP) is 12.0. The summed E-state index contributed by atoms with van der Waals surface area (Å²) < 4.78 is 49.2. The van der Waals surface area contributed by atoms with Gasteiger partial charge in [0.2, 0.25) is 0 Å². The number of benzene rings is 3. The quantitative estimate of drug-likeness (QED) is 0.0629. The first kappa shape index (κ1) is 61.9. The van der Waals surface area contributed by atoms with E-state index >= 15 is 0 Å². The number of rotatable bonds is 21. The van der Waals surface area contributed by atoms with Crippen molar-refractivity contribution in [2.75, 3.05) is 26.5 Å². The highest BCUT2D eigenvalue weighted by Gasteiger charge is 2.22. The Balaban J connectivity index is 0.000000243. The van der Waals surface area contributed by atoms with Gasteiger partial charge in [-0.2, -0.15) is 15.3 Å². The maximum Gasteiger partial charge on any atom is 0.289 e. The molecule has 19 heteroatoms. The summed E-state index contributed by atoms with van der Waals surface area (Å²) in [7, 11) is 0. The van der Waals surface area contributed by atoms with Crippen molar-refractivity contribution >= 4 is 34.8 Å². The fourth-order valence-electron chi connectivity index (χ4n) is 6.58. The zero-order chi connectivity index (χ0) is 55.3. The Morgan fingerprint density at radius 3 is 0.853 bits per heavy atom. The van der Waals surface area contributed by atoms with E-state index in [0.717, 1.165) is 59.4 Å². The van der Waals surface area contributed by atoms with Gasteiger partial charge in [0.1, 0.15) is 26.5 Å². The van der Waals surface area contributed by atoms with Gasteiger partial charge in [0, 0.05) is 13.2 Å². The molecule has 3 heterocycles. The van der Waals surface area contributed by atoms with Crippen LogP contribution in [0.15, 0.2) is 106 Å². The van der Waals surface area contributed by atoms with Crippen LogP contribution in [-0.4, -0.2) is 55.8 Å². The van der Waals surface area contributed by atoms with Crippen LogP contribution in [-0.2, 0) is 70.5 Å². The van der Waals surface area contributed by atoms with Gasteiger partial charge in [0.25, 0.3) is 16.7 Å². The van der Waals surface area contributed by atoms with E-state index in [1.807, 2.05) is 135 Å². The third-order valence-electron chi connectivity index (χ3n) is 10.5. The maximum atomic E-state index is 12.3. The minimum Gasteiger partial charge on any atom is -0.485 e. The molecule has 3 aromatic heterocycles. The predicted molar refractivity (Wildman–Crippen MR) is 293 cm³/mol. The average molecular weight is 1100 g/mol. The maximum absolute atomic E-state index is 12.3. The van der Waals surface area contributed by atoms with Crippen LogP contribution in [0.4, 0.5) is 4.39 Å². The molecule has 0 radical (unpaired) electrons. The highest BCUT2D eigenvalue weighted by atomic mass is 35.5. The van der Waals surface area contributed by atoms with Gasteiger partial charge in [-0.3, -0.25) is 14.4 Å². The lowest BCUT2D eigenvalue weighted by molar-refractivity contribution is 0.106. The lowest BCUT2D eigenvalue weighted by atomic mass is 10.1. The zero-order valence-electron chi connectivity index (χ0n) is 45.0. The molecule has 75 heavy (non-hydrogen) atoms. The van der Waals surface area contributed by atoms with Crippen molar-refractivity contribution in [1.82, 2.24) is 29.3 Å². The third kappa shape index (κ3) is 19.8. The minimum absolute atomic E-state index is 0.0150. The Hall–Kier alpha value is -5.62. The molecule has 0 saturated heterocycles. The summed E-state index contributed by atoms with van der Waals surface area (Å²) in [4.78, 5) is 36.8. The lowest BCUT2D eigenvalue weighted by Gasteiger charge is -2.21. The second kappa shape index (κ2) is 29.6. The fourth-order valence-corrected chi connectivity index (χ4v) is 7.13. The molecule has 6 rings (SSSR count). The van der Waals surface area contributed by atoms with E-state index in [1.165, 1.54) is 32.6 Å². The van der Waals surface area contributed by atoms with Crippen LogP contribution >= 0.6 is 34.8 Å².